The monoisotopic (exact) mass is 444 g/mol. The van der Waals surface area contributed by atoms with E-state index in [1.165, 1.54) is 12.3 Å². The Hall–Kier alpha value is -3.69. The highest BCUT2D eigenvalue weighted by molar-refractivity contribution is 5.94. The zero-order chi connectivity index (χ0) is 22.9. The number of nitrogens with one attached hydrogen (secondary N) is 1. The van der Waals surface area contributed by atoms with Crippen LogP contribution in [0.2, 0.25) is 0 Å². The molecule has 0 bridgehead atoms. The molecular weight excluding hydrogens is 425 g/mol. The summed E-state index contributed by atoms with van der Waals surface area (Å²) < 4.78 is 38.5. The molecule has 1 aliphatic heterocycles. The number of amides is 1. The van der Waals surface area contributed by atoms with Gasteiger partial charge in [-0.15, -0.1) is 0 Å². The number of aromatic nitrogens is 2. The maximum atomic E-state index is 12.8. The van der Waals surface area contributed by atoms with Crippen LogP contribution in [0, 0.1) is 5.92 Å². The first-order valence-electron chi connectivity index (χ1n) is 9.94. The van der Waals surface area contributed by atoms with Crippen molar-refractivity contribution in [1.29, 1.82) is 0 Å². The zero-order valence-electron chi connectivity index (χ0n) is 16.8. The molecule has 0 atom stereocenters. The summed E-state index contributed by atoms with van der Waals surface area (Å²) >= 11 is 0. The van der Waals surface area contributed by atoms with Crippen LogP contribution in [0.15, 0.2) is 48.7 Å². The van der Waals surface area contributed by atoms with E-state index in [1.807, 2.05) is 0 Å². The molecular formula is C22H19F3N4O3. The largest absolute Gasteiger partial charge is 0.481 e. The fraction of sp³-hybridized carbons (Fsp3) is 0.273. The number of rotatable bonds is 4. The fourth-order valence-electron chi connectivity index (χ4n) is 3.60. The minimum absolute atomic E-state index is 0.137. The van der Waals surface area contributed by atoms with E-state index in [0.717, 1.165) is 12.1 Å². The van der Waals surface area contributed by atoms with Crippen molar-refractivity contribution in [3.8, 4) is 0 Å². The molecule has 1 amide bonds. The van der Waals surface area contributed by atoms with E-state index in [2.05, 4.69) is 15.3 Å². The van der Waals surface area contributed by atoms with Crippen molar-refractivity contribution in [1.82, 2.24) is 14.9 Å². The van der Waals surface area contributed by atoms with E-state index < -0.39 is 23.6 Å². The summed E-state index contributed by atoms with van der Waals surface area (Å²) in [5, 5.41) is 12.1. The topological polar surface area (TPSA) is 95.4 Å². The Balaban J connectivity index is 1.43. The standard InChI is InChI=1S/C22H19F3N4O3/c23-22(24,25)15-3-6-17-18(11-15)26-12-19(28-17)27-16-4-1-13(2-5-16)20(30)29-9-7-14(8-10-29)21(31)32/h1-6,11-12,14H,7-10H2,(H,27,28)(H,31,32). The molecule has 4 rings (SSSR count). The molecule has 1 aliphatic rings. The van der Waals surface area contributed by atoms with Crippen molar-refractivity contribution in [2.24, 2.45) is 5.92 Å². The Bertz CT molecular complexity index is 1160. The van der Waals surface area contributed by atoms with Crippen molar-refractivity contribution >= 4 is 34.4 Å². The van der Waals surface area contributed by atoms with Gasteiger partial charge in [0.1, 0.15) is 5.82 Å². The molecule has 0 unspecified atom stereocenters. The lowest BCUT2D eigenvalue weighted by molar-refractivity contribution is -0.143. The van der Waals surface area contributed by atoms with Crippen LogP contribution in [-0.4, -0.2) is 44.9 Å². The number of carbonyl (C=O) groups excluding carboxylic acids is 1. The molecule has 32 heavy (non-hydrogen) atoms. The van der Waals surface area contributed by atoms with Crippen molar-refractivity contribution in [2.75, 3.05) is 18.4 Å². The summed E-state index contributed by atoms with van der Waals surface area (Å²) in [5.74, 6) is -1.04. The molecule has 2 N–H and O–H groups in total. The lowest BCUT2D eigenvalue weighted by Crippen LogP contribution is -2.40. The van der Waals surface area contributed by atoms with Crippen LogP contribution in [0.4, 0.5) is 24.7 Å². The second-order valence-electron chi connectivity index (χ2n) is 7.56. The van der Waals surface area contributed by atoms with E-state index in [4.69, 9.17) is 5.11 Å². The Kier molecular flexibility index (Phi) is 5.68. The van der Waals surface area contributed by atoms with Gasteiger partial charge >= 0.3 is 12.1 Å². The van der Waals surface area contributed by atoms with Gasteiger partial charge in [-0.1, -0.05) is 0 Å². The minimum Gasteiger partial charge on any atom is -0.481 e. The minimum atomic E-state index is -4.45. The van der Waals surface area contributed by atoms with Gasteiger partial charge in [0.05, 0.1) is 28.7 Å². The smallest absolute Gasteiger partial charge is 0.416 e. The summed E-state index contributed by atoms with van der Waals surface area (Å²) in [6.45, 7) is 0.803. The van der Waals surface area contributed by atoms with Crippen molar-refractivity contribution in [3.05, 3.63) is 59.8 Å². The van der Waals surface area contributed by atoms with Crippen molar-refractivity contribution in [2.45, 2.75) is 19.0 Å². The number of benzene rings is 2. The molecule has 0 radical (unpaired) electrons. The Labute approximate surface area is 180 Å². The number of hydrogen-bond acceptors (Lipinski definition) is 5. The Morgan fingerprint density at radius 2 is 1.72 bits per heavy atom. The predicted octanol–water partition coefficient (Wildman–Crippen LogP) is 4.33. The summed E-state index contributed by atoms with van der Waals surface area (Å²) in [7, 11) is 0. The first-order valence-corrected chi connectivity index (χ1v) is 9.94. The predicted molar refractivity (Wildman–Crippen MR) is 111 cm³/mol. The molecule has 0 saturated carbocycles. The third-order valence-electron chi connectivity index (χ3n) is 5.41. The third kappa shape index (κ3) is 4.63. The number of likely N-dealkylation sites (tertiary alicyclic amines) is 1. The number of carboxylic acid groups (broad SMARTS) is 1. The first-order chi connectivity index (χ1) is 15.2. The number of piperidine rings is 1. The van der Waals surface area contributed by atoms with Gasteiger partial charge < -0.3 is 15.3 Å². The fourth-order valence-corrected chi connectivity index (χ4v) is 3.60. The molecule has 10 heteroatoms. The zero-order valence-corrected chi connectivity index (χ0v) is 16.8. The Morgan fingerprint density at radius 1 is 1.03 bits per heavy atom. The highest BCUT2D eigenvalue weighted by Crippen LogP contribution is 2.31. The molecule has 1 aromatic heterocycles. The van der Waals surface area contributed by atoms with Crippen LogP contribution in [0.25, 0.3) is 11.0 Å². The van der Waals surface area contributed by atoms with Crippen LogP contribution in [0.1, 0.15) is 28.8 Å². The molecule has 3 aromatic rings. The summed E-state index contributed by atoms with van der Waals surface area (Å²) in [6.07, 6.45) is -2.23. The normalized spacial score (nSPS) is 15.0. The van der Waals surface area contributed by atoms with Gasteiger partial charge in [-0.05, 0) is 55.3 Å². The first kappa shape index (κ1) is 21.5. The maximum absolute atomic E-state index is 12.8. The maximum Gasteiger partial charge on any atom is 0.416 e. The molecule has 2 aromatic carbocycles. The molecule has 2 heterocycles. The van der Waals surface area contributed by atoms with Gasteiger partial charge in [-0.2, -0.15) is 13.2 Å². The lowest BCUT2D eigenvalue weighted by atomic mass is 9.96. The molecule has 1 saturated heterocycles. The number of alkyl halides is 3. The van der Waals surface area contributed by atoms with Crippen molar-refractivity contribution < 1.29 is 27.9 Å². The number of halogens is 3. The quantitative estimate of drug-likeness (QED) is 0.622. The molecule has 1 fully saturated rings. The lowest BCUT2D eigenvalue weighted by Gasteiger charge is -2.30. The van der Waals surface area contributed by atoms with Crippen LogP contribution >= 0.6 is 0 Å². The van der Waals surface area contributed by atoms with Gasteiger partial charge in [0, 0.05) is 24.3 Å². The van der Waals surface area contributed by atoms with E-state index in [1.54, 1.807) is 29.2 Å². The number of fused-ring (bicyclic) bond motifs is 1. The average molecular weight is 444 g/mol. The molecule has 0 spiro atoms. The molecule has 166 valence electrons. The highest BCUT2D eigenvalue weighted by Gasteiger charge is 2.30. The van der Waals surface area contributed by atoms with Crippen LogP contribution in [0.3, 0.4) is 0 Å². The second-order valence-corrected chi connectivity index (χ2v) is 7.56. The van der Waals surface area contributed by atoms with E-state index in [-0.39, 0.29) is 11.4 Å². The van der Waals surface area contributed by atoms with Crippen molar-refractivity contribution in [3.63, 3.8) is 0 Å². The number of anilines is 2. The van der Waals surface area contributed by atoms with E-state index in [9.17, 15) is 22.8 Å². The third-order valence-corrected chi connectivity index (χ3v) is 5.41. The van der Waals surface area contributed by atoms with Gasteiger partial charge in [-0.3, -0.25) is 14.6 Å². The number of hydrogen-bond donors (Lipinski definition) is 2. The molecule has 7 nitrogen and oxygen atoms in total. The number of nitrogens with zero attached hydrogens (tertiary/aromatic N) is 3. The van der Waals surface area contributed by atoms with E-state index >= 15 is 0 Å². The summed E-state index contributed by atoms with van der Waals surface area (Å²) in [5.41, 5.74) is 0.783. The molecule has 0 aliphatic carbocycles. The van der Waals surface area contributed by atoms with Gasteiger partial charge in [-0.25, -0.2) is 4.98 Å². The average Bonchev–Trinajstić information content (AvgIpc) is 2.78. The van der Waals surface area contributed by atoms with E-state index in [0.29, 0.717) is 48.5 Å². The highest BCUT2D eigenvalue weighted by atomic mass is 19.4. The second kappa shape index (κ2) is 8.45. The van der Waals surface area contributed by atoms with Gasteiger partial charge in [0.25, 0.3) is 5.91 Å². The van der Waals surface area contributed by atoms with Crippen LogP contribution < -0.4 is 5.32 Å². The van der Waals surface area contributed by atoms with Crippen LogP contribution in [-0.2, 0) is 11.0 Å². The van der Waals surface area contributed by atoms with Crippen LogP contribution in [0.5, 0.6) is 0 Å². The van der Waals surface area contributed by atoms with Gasteiger partial charge in [0.15, 0.2) is 0 Å². The number of carbonyl (C=O) groups is 2. The Morgan fingerprint density at radius 3 is 2.34 bits per heavy atom. The van der Waals surface area contributed by atoms with Gasteiger partial charge in [0.2, 0.25) is 0 Å². The summed E-state index contributed by atoms with van der Waals surface area (Å²) in [4.78, 5) is 33.7. The SMILES string of the molecule is O=C(O)C1CCN(C(=O)c2ccc(Nc3cnc4cc(C(F)(F)F)ccc4n3)cc2)CC1. The summed E-state index contributed by atoms with van der Waals surface area (Å²) in [6, 6.07) is 9.86. The number of carboxylic acids is 1. The number of aliphatic carboxylic acids is 1.